The van der Waals surface area contributed by atoms with Gasteiger partial charge in [0.2, 0.25) is 0 Å². The summed E-state index contributed by atoms with van der Waals surface area (Å²) in [5, 5.41) is 7.38. The van der Waals surface area contributed by atoms with Gasteiger partial charge in [-0.1, -0.05) is 0 Å². The molecule has 1 fully saturated rings. The number of carbonyl (C=O) groups is 1. The Morgan fingerprint density at radius 1 is 1.29 bits per heavy atom. The first kappa shape index (κ1) is 15.3. The summed E-state index contributed by atoms with van der Waals surface area (Å²) in [7, 11) is 2.08. The summed E-state index contributed by atoms with van der Waals surface area (Å²) in [4.78, 5) is 25.4. The summed E-state index contributed by atoms with van der Waals surface area (Å²) < 4.78 is 0. The van der Waals surface area contributed by atoms with E-state index in [1.165, 1.54) is 0 Å². The van der Waals surface area contributed by atoms with Gasteiger partial charge in [-0.3, -0.25) is 9.89 Å². The van der Waals surface area contributed by atoms with Gasteiger partial charge in [-0.15, -0.1) is 0 Å². The standard InChI is InChI=1S/C17H22N6O/c1-22-7-5-15-13(10-22)16(21-20-15)17(24)23-8-3-12(4-9-23)14-2-6-18-11-19-14/h2,6,11-12H,3-5,7-10H2,1H3,(H,20,21). The SMILES string of the molecule is CN1CCc2[nH]nc(C(=O)N3CCC(c4ccncn4)CC3)c2C1. The Hall–Kier alpha value is -2.28. The van der Waals surface area contributed by atoms with Crippen molar-refractivity contribution >= 4 is 5.91 Å². The summed E-state index contributed by atoms with van der Waals surface area (Å²) in [6.07, 6.45) is 6.19. The number of hydrogen-bond donors (Lipinski definition) is 1. The largest absolute Gasteiger partial charge is 0.337 e. The summed E-state index contributed by atoms with van der Waals surface area (Å²) in [5.74, 6) is 0.472. The van der Waals surface area contributed by atoms with E-state index < -0.39 is 0 Å². The average Bonchev–Trinajstić information content (AvgIpc) is 3.05. The lowest BCUT2D eigenvalue weighted by molar-refractivity contribution is 0.0703. The van der Waals surface area contributed by atoms with Crippen LogP contribution in [0.2, 0.25) is 0 Å². The molecule has 0 aliphatic carbocycles. The number of rotatable bonds is 2. The predicted octanol–water partition coefficient (Wildman–Crippen LogP) is 1.21. The molecule has 0 saturated carbocycles. The van der Waals surface area contributed by atoms with E-state index in [-0.39, 0.29) is 5.91 Å². The van der Waals surface area contributed by atoms with Crippen LogP contribution in [0.4, 0.5) is 0 Å². The van der Waals surface area contributed by atoms with Crippen molar-refractivity contribution in [1.29, 1.82) is 0 Å². The second kappa shape index (κ2) is 6.32. The normalized spacial score (nSPS) is 19.3. The molecular formula is C17H22N6O. The number of aromatic amines is 1. The van der Waals surface area contributed by atoms with Gasteiger partial charge in [0.15, 0.2) is 5.69 Å². The van der Waals surface area contributed by atoms with Crippen LogP contribution >= 0.6 is 0 Å². The fourth-order valence-corrected chi connectivity index (χ4v) is 3.68. The number of likely N-dealkylation sites (tertiary alicyclic amines) is 1. The first-order chi connectivity index (χ1) is 11.7. The molecule has 2 aliphatic heterocycles. The number of piperidine rings is 1. The van der Waals surface area contributed by atoms with Gasteiger partial charge in [0.25, 0.3) is 5.91 Å². The number of nitrogens with one attached hydrogen (secondary N) is 1. The highest BCUT2D eigenvalue weighted by Gasteiger charge is 2.30. The maximum atomic E-state index is 12.9. The monoisotopic (exact) mass is 326 g/mol. The van der Waals surface area contributed by atoms with Crippen molar-refractivity contribution < 1.29 is 4.79 Å². The number of H-pyrrole nitrogens is 1. The molecule has 4 heterocycles. The molecule has 1 saturated heterocycles. The smallest absolute Gasteiger partial charge is 0.274 e. The van der Waals surface area contributed by atoms with E-state index >= 15 is 0 Å². The van der Waals surface area contributed by atoms with E-state index in [0.29, 0.717) is 11.6 Å². The number of hydrogen-bond acceptors (Lipinski definition) is 5. The molecule has 0 spiro atoms. The second-order valence-corrected chi connectivity index (χ2v) is 6.72. The number of fused-ring (bicyclic) bond motifs is 1. The van der Waals surface area contributed by atoms with Gasteiger partial charge in [-0.2, -0.15) is 5.10 Å². The van der Waals surface area contributed by atoms with Gasteiger partial charge in [-0.05, 0) is 26.0 Å². The van der Waals surface area contributed by atoms with E-state index in [0.717, 1.165) is 62.4 Å². The minimum absolute atomic E-state index is 0.0592. The van der Waals surface area contributed by atoms with Crippen LogP contribution in [0.3, 0.4) is 0 Å². The van der Waals surface area contributed by atoms with Crippen LogP contribution in [0.25, 0.3) is 0 Å². The number of amides is 1. The molecule has 0 atom stereocenters. The summed E-state index contributed by atoms with van der Waals surface area (Å²) >= 11 is 0. The third-order valence-corrected chi connectivity index (χ3v) is 5.13. The van der Waals surface area contributed by atoms with Crippen molar-refractivity contribution in [2.45, 2.75) is 31.7 Å². The molecule has 2 aromatic heterocycles. The molecule has 0 bridgehead atoms. The zero-order valence-corrected chi connectivity index (χ0v) is 13.9. The third-order valence-electron chi connectivity index (χ3n) is 5.13. The minimum atomic E-state index is 0.0592. The quantitative estimate of drug-likeness (QED) is 0.897. The van der Waals surface area contributed by atoms with E-state index in [2.05, 4.69) is 32.1 Å². The van der Waals surface area contributed by atoms with Crippen molar-refractivity contribution in [3.8, 4) is 0 Å². The number of aromatic nitrogens is 4. The zero-order chi connectivity index (χ0) is 16.5. The highest BCUT2D eigenvalue weighted by atomic mass is 16.2. The molecule has 1 amide bonds. The molecule has 0 radical (unpaired) electrons. The van der Waals surface area contributed by atoms with Crippen LogP contribution in [-0.4, -0.2) is 62.6 Å². The number of likely N-dealkylation sites (N-methyl/N-ethyl adjacent to an activating group) is 1. The highest BCUT2D eigenvalue weighted by Crippen LogP contribution is 2.28. The molecular weight excluding hydrogens is 304 g/mol. The Kier molecular flexibility index (Phi) is 4.02. The molecule has 2 aliphatic rings. The molecule has 1 N–H and O–H groups in total. The van der Waals surface area contributed by atoms with Gasteiger partial charge >= 0.3 is 0 Å². The summed E-state index contributed by atoms with van der Waals surface area (Å²) in [6, 6.07) is 1.97. The maximum Gasteiger partial charge on any atom is 0.274 e. The highest BCUT2D eigenvalue weighted by molar-refractivity contribution is 5.94. The Morgan fingerprint density at radius 3 is 2.88 bits per heavy atom. The lowest BCUT2D eigenvalue weighted by atomic mass is 9.93. The van der Waals surface area contributed by atoms with Gasteiger partial charge in [-0.25, -0.2) is 9.97 Å². The maximum absolute atomic E-state index is 12.9. The second-order valence-electron chi connectivity index (χ2n) is 6.72. The lowest BCUT2D eigenvalue weighted by Gasteiger charge is -2.31. The first-order valence-corrected chi connectivity index (χ1v) is 8.52. The Morgan fingerprint density at radius 2 is 2.12 bits per heavy atom. The van der Waals surface area contributed by atoms with Crippen LogP contribution in [0, 0.1) is 0 Å². The Bertz CT molecular complexity index is 720. The summed E-state index contributed by atoms with van der Waals surface area (Å²) in [6.45, 7) is 3.31. The average molecular weight is 326 g/mol. The molecule has 126 valence electrons. The van der Waals surface area contributed by atoms with Crippen LogP contribution in [0.15, 0.2) is 18.6 Å². The Labute approximate surface area is 141 Å². The van der Waals surface area contributed by atoms with E-state index in [9.17, 15) is 4.79 Å². The predicted molar refractivity (Wildman–Crippen MR) is 88.5 cm³/mol. The molecule has 0 aromatic carbocycles. The van der Waals surface area contributed by atoms with Gasteiger partial charge in [0, 0.05) is 61.7 Å². The van der Waals surface area contributed by atoms with Crippen LogP contribution in [0.1, 0.15) is 46.2 Å². The first-order valence-electron chi connectivity index (χ1n) is 8.52. The van der Waals surface area contributed by atoms with Gasteiger partial charge < -0.3 is 9.80 Å². The van der Waals surface area contributed by atoms with Crippen molar-refractivity contribution in [2.24, 2.45) is 0 Å². The van der Waals surface area contributed by atoms with Crippen molar-refractivity contribution in [3.63, 3.8) is 0 Å². The van der Waals surface area contributed by atoms with Crippen molar-refractivity contribution in [2.75, 3.05) is 26.7 Å². The topological polar surface area (TPSA) is 78.0 Å². The molecule has 2 aromatic rings. The minimum Gasteiger partial charge on any atom is -0.337 e. The van der Waals surface area contributed by atoms with Crippen LogP contribution in [0.5, 0.6) is 0 Å². The Balaban J connectivity index is 1.45. The van der Waals surface area contributed by atoms with E-state index in [1.54, 1.807) is 12.5 Å². The number of nitrogens with zero attached hydrogens (tertiary/aromatic N) is 5. The molecule has 7 nitrogen and oxygen atoms in total. The molecule has 7 heteroatoms. The van der Waals surface area contributed by atoms with Crippen molar-refractivity contribution in [3.05, 3.63) is 41.2 Å². The van der Waals surface area contributed by atoms with E-state index in [4.69, 9.17) is 0 Å². The van der Waals surface area contributed by atoms with Gasteiger partial charge in [0.1, 0.15) is 6.33 Å². The molecule has 4 rings (SSSR count). The lowest BCUT2D eigenvalue weighted by Crippen LogP contribution is -2.39. The fourth-order valence-electron chi connectivity index (χ4n) is 3.68. The number of carbonyl (C=O) groups excluding carboxylic acids is 1. The van der Waals surface area contributed by atoms with Crippen molar-refractivity contribution in [1.82, 2.24) is 30.0 Å². The fraction of sp³-hybridized carbons (Fsp3) is 0.529. The van der Waals surface area contributed by atoms with Gasteiger partial charge in [0.05, 0.1) is 0 Å². The van der Waals surface area contributed by atoms with E-state index in [1.807, 2.05) is 11.0 Å². The molecule has 24 heavy (non-hydrogen) atoms. The van der Waals surface area contributed by atoms with Crippen LogP contribution in [-0.2, 0) is 13.0 Å². The zero-order valence-electron chi connectivity index (χ0n) is 13.9. The van der Waals surface area contributed by atoms with Crippen LogP contribution < -0.4 is 0 Å². The third kappa shape index (κ3) is 2.80. The summed E-state index contributed by atoms with van der Waals surface area (Å²) in [5.41, 5.74) is 3.88. The molecule has 0 unspecified atom stereocenters.